The molecular weight excluding hydrogens is 324 g/mol. The highest BCUT2D eigenvalue weighted by Gasteiger charge is 2.15. The van der Waals surface area contributed by atoms with Crippen molar-refractivity contribution in [2.45, 2.75) is 32.7 Å². The summed E-state index contributed by atoms with van der Waals surface area (Å²) in [6, 6.07) is 12.1. The molecule has 3 rings (SSSR count). The summed E-state index contributed by atoms with van der Waals surface area (Å²) in [6.07, 6.45) is 6.55. The second-order valence-electron chi connectivity index (χ2n) is 7.05. The molecule has 5 heteroatoms. The van der Waals surface area contributed by atoms with E-state index in [0.29, 0.717) is 13.0 Å². The van der Waals surface area contributed by atoms with Crippen molar-refractivity contribution in [1.29, 1.82) is 0 Å². The molecule has 26 heavy (non-hydrogen) atoms. The van der Waals surface area contributed by atoms with Gasteiger partial charge in [-0.2, -0.15) is 0 Å². The van der Waals surface area contributed by atoms with Gasteiger partial charge in [-0.25, -0.2) is 0 Å². The first-order chi connectivity index (χ1) is 12.7. The third kappa shape index (κ3) is 5.56. The lowest BCUT2D eigenvalue weighted by atomic mass is 9.99. The Kier molecular flexibility index (Phi) is 6.61. The summed E-state index contributed by atoms with van der Waals surface area (Å²) < 4.78 is 0. The molecular formula is C21H28N4O. The number of hydrogen-bond donors (Lipinski definition) is 2. The van der Waals surface area contributed by atoms with Gasteiger partial charge in [0.2, 0.25) is 5.91 Å². The number of carbonyl (C=O) groups is 1. The van der Waals surface area contributed by atoms with E-state index in [4.69, 9.17) is 0 Å². The van der Waals surface area contributed by atoms with Gasteiger partial charge in [-0.3, -0.25) is 9.78 Å². The monoisotopic (exact) mass is 352 g/mol. The summed E-state index contributed by atoms with van der Waals surface area (Å²) >= 11 is 0. The molecule has 2 N–H and O–H groups in total. The van der Waals surface area contributed by atoms with Gasteiger partial charge in [0.1, 0.15) is 0 Å². The van der Waals surface area contributed by atoms with Gasteiger partial charge in [0.25, 0.3) is 0 Å². The molecule has 0 radical (unpaired) electrons. The van der Waals surface area contributed by atoms with Crippen LogP contribution < -0.4 is 15.5 Å². The normalized spacial score (nSPS) is 15.0. The maximum absolute atomic E-state index is 12.1. The van der Waals surface area contributed by atoms with Gasteiger partial charge in [0, 0.05) is 56.4 Å². The average molecular weight is 352 g/mol. The third-order valence-electron chi connectivity index (χ3n) is 4.88. The number of piperidine rings is 1. The number of benzene rings is 1. The van der Waals surface area contributed by atoms with Crippen LogP contribution in [0.25, 0.3) is 0 Å². The number of anilines is 2. The fourth-order valence-corrected chi connectivity index (χ4v) is 3.18. The molecule has 1 amide bonds. The maximum atomic E-state index is 12.1. The predicted molar refractivity (Wildman–Crippen MR) is 106 cm³/mol. The van der Waals surface area contributed by atoms with Crippen LogP contribution in [0, 0.1) is 5.92 Å². The van der Waals surface area contributed by atoms with Crippen molar-refractivity contribution in [3.8, 4) is 0 Å². The van der Waals surface area contributed by atoms with E-state index in [1.54, 1.807) is 6.20 Å². The number of aromatic nitrogens is 1. The average Bonchev–Trinajstić information content (AvgIpc) is 2.67. The Morgan fingerprint density at radius 2 is 1.96 bits per heavy atom. The molecule has 1 aromatic carbocycles. The summed E-state index contributed by atoms with van der Waals surface area (Å²) in [6.45, 7) is 5.93. The highest BCUT2D eigenvalue weighted by Crippen LogP contribution is 2.24. The van der Waals surface area contributed by atoms with Crippen molar-refractivity contribution in [2.75, 3.05) is 29.9 Å². The van der Waals surface area contributed by atoms with E-state index in [9.17, 15) is 4.79 Å². The Morgan fingerprint density at radius 3 is 2.65 bits per heavy atom. The SMILES string of the molecule is CC1CCN(c2ccc(NC(=O)CCNCc3cccnc3)cc2)CC1. The van der Waals surface area contributed by atoms with E-state index in [-0.39, 0.29) is 5.91 Å². The molecule has 1 aliphatic rings. The standard InChI is InChI=1S/C21H28N4O/c1-17-9-13-25(14-10-17)20-6-4-19(5-7-20)24-21(26)8-12-23-16-18-3-2-11-22-15-18/h2-7,11,15,17,23H,8-10,12-14,16H2,1H3,(H,24,26). The van der Waals surface area contributed by atoms with Gasteiger partial charge in [0.05, 0.1) is 0 Å². The Morgan fingerprint density at radius 1 is 1.19 bits per heavy atom. The van der Waals surface area contributed by atoms with Gasteiger partial charge in [-0.15, -0.1) is 0 Å². The predicted octanol–water partition coefficient (Wildman–Crippen LogP) is 3.44. The fraction of sp³-hybridized carbons (Fsp3) is 0.429. The Hall–Kier alpha value is -2.40. The zero-order valence-corrected chi connectivity index (χ0v) is 15.4. The van der Waals surface area contributed by atoms with Crippen molar-refractivity contribution in [2.24, 2.45) is 5.92 Å². The lowest BCUT2D eigenvalue weighted by Gasteiger charge is -2.32. The zero-order valence-electron chi connectivity index (χ0n) is 15.4. The Bertz CT molecular complexity index is 679. The minimum Gasteiger partial charge on any atom is -0.372 e. The Labute approximate surface area is 155 Å². The van der Waals surface area contributed by atoms with Crippen LogP contribution in [0.15, 0.2) is 48.8 Å². The van der Waals surface area contributed by atoms with E-state index >= 15 is 0 Å². The topological polar surface area (TPSA) is 57.3 Å². The fourth-order valence-electron chi connectivity index (χ4n) is 3.18. The molecule has 0 atom stereocenters. The van der Waals surface area contributed by atoms with Crippen molar-refractivity contribution in [1.82, 2.24) is 10.3 Å². The number of nitrogens with one attached hydrogen (secondary N) is 2. The lowest BCUT2D eigenvalue weighted by Crippen LogP contribution is -2.32. The number of pyridine rings is 1. The van der Waals surface area contributed by atoms with Gasteiger partial charge in [0.15, 0.2) is 0 Å². The van der Waals surface area contributed by atoms with Crippen LogP contribution in [0.2, 0.25) is 0 Å². The molecule has 1 aliphatic heterocycles. The van der Waals surface area contributed by atoms with E-state index in [1.165, 1.54) is 18.5 Å². The number of nitrogens with zero attached hydrogens (tertiary/aromatic N) is 2. The third-order valence-corrected chi connectivity index (χ3v) is 4.88. The molecule has 0 aliphatic carbocycles. The molecule has 2 heterocycles. The van der Waals surface area contributed by atoms with E-state index in [0.717, 1.165) is 36.8 Å². The van der Waals surface area contributed by atoms with Crippen LogP contribution in [-0.4, -0.2) is 30.5 Å². The summed E-state index contributed by atoms with van der Waals surface area (Å²) in [4.78, 5) is 18.6. The van der Waals surface area contributed by atoms with Crippen LogP contribution in [0.5, 0.6) is 0 Å². The molecule has 0 spiro atoms. The van der Waals surface area contributed by atoms with Crippen molar-refractivity contribution in [3.05, 3.63) is 54.4 Å². The molecule has 0 saturated carbocycles. The summed E-state index contributed by atoms with van der Waals surface area (Å²) in [5.41, 5.74) is 3.22. The van der Waals surface area contributed by atoms with E-state index < -0.39 is 0 Å². The van der Waals surface area contributed by atoms with Crippen LogP contribution in [0.1, 0.15) is 31.7 Å². The smallest absolute Gasteiger partial charge is 0.225 e. The van der Waals surface area contributed by atoms with Gasteiger partial charge < -0.3 is 15.5 Å². The second-order valence-corrected chi connectivity index (χ2v) is 7.05. The van der Waals surface area contributed by atoms with Crippen LogP contribution >= 0.6 is 0 Å². The Balaban J connectivity index is 1.38. The molecule has 5 nitrogen and oxygen atoms in total. The van der Waals surface area contributed by atoms with Gasteiger partial charge in [-0.05, 0) is 54.7 Å². The molecule has 138 valence electrons. The molecule has 0 unspecified atom stereocenters. The number of rotatable bonds is 7. The largest absolute Gasteiger partial charge is 0.372 e. The first-order valence-corrected chi connectivity index (χ1v) is 9.45. The maximum Gasteiger partial charge on any atom is 0.225 e. The minimum absolute atomic E-state index is 0.0308. The van der Waals surface area contributed by atoms with E-state index in [2.05, 4.69) is 39.6 Å². The molecule has 1 saturated heterocycles. The first-order valence-electron chi connectivity index (χ1n) is 9.45. The van der Waals surface area contributed by atoms with Crippen LogP contribution in [-0.2, 0) is 11.3 Å². The first kappa shape index (κ1) is 18.4. The number of hydrogen-bond acceptors (Lipinski definition) is 4. The minimum atomic E-state index is 0.0308. The van der Waals surface area contributed by atoms with Crippen molar-refractivity contribution < 1.29 is 4.79 Å². The highest BCUT2D eigenvalue weighted by atomic mass is 16.1. The molecule has 1 aromatic heterocycles. The number of amides is 1. The van der Waals surface area contributed by atoms with Crippen LogP contribution in [0.3, 0.4) is 0 Å². The van der Waals surface area contributed by atoms with Gasteiger partial charge in [-0.1, -0.05) is 13.0 Å². The van der Waals surface area contributed by atoms with Crippen molar-refractivity contribution >= 4 is 17.3 Å². The highest BCUT2D eigenvalue weighted by molar-refractivity contribution is 5.91. The van der Waals surface area contributed by atoms with Crippen molar-refractivity contribution in [3.63, 3.8) is 0 Å². The van der Waals surface area contributed by atoms with Gasteiger partial charge >= 0.3 is 0 Å². The lowest BCUT2D eigenvalue weighted by molar-refractivity contribution is -0.116. The summed E-state index contributed by atoms with van der Waals surface area (Å²) in [5, 5.41) is 6.23. The second kappa shape index (κ2) is 9.34. The summed E-state index contributed by atoms with van der Waals surface area (Å²) in [5.74, 6) is 0.861. The van der Waals surface area contributed by atoms with E-state index in [1.807, 2.05) is 30.5 Å². The summed E-state index contributed by atoms with van der Waals surface area (Å²) in [7, 11) is 0. The molecule has 2 aromatic rings. The molecule has 1 fully saturated rings. The number of carbonyl (C=O) groups excluding carboxylic acids is 1. The zero-order chi connectivity index (χ0) is 18.2. The molecule has 0 bridgehead atoms. The van der Waals surface area contributed by atoms with Crippen LogP contribution in [0.4, 0.5) is 11.4 Å². The quantitative estimate of drug-likeness (QED) is 0.750.